The minimum atomic E-state index is -1.04. The Bertz CT molecular complexity index is 287. The topological polar surface area (TPSA) is 77.8 Å². The lowest BCUT2D eigenvalue weighted by molar-refractivity contribution is -0.132. The lowest BCUT2D eigenvalue weighted by atomic mass is 10.2. The van der Waals surface area contributed by atoms with Gasteiger partial charge in [0.15, 0.2) is 0 Å². The second kappa shape index (κ2) is 6.98. The zero-order chi connectivity index (χ0) is 11.8. The van der Waals surface area contributed by atoms with Gasteiger partial charge in [-0.15, -0.1) is 0 Å². The Balaban J connectivity index is 4.52. The fraction of sp³-hybridized carbons (Fsp3) is 0.364. The van der Waals surface area contributed by atoms with Crippen LogP contribution in [0.3, 0.4) is 0 Å². The van der Waals surface area contributed by atoms with E-state index in [-0.39, 0.29) is 5.57 Å². The number of carboxylic acid groups (broad SMARTS) is 1. The van der Waals surface area contributed by atoms with Gasteiger partial charge in [0.05, 0.1) is 17.8 Å². The molecular weight excluding hydrogens is 196 g/mol. The van der Waals surface area contributed by atoms with Gasteiger partial charge < -0.3 is 15.3 Å². The maximum atomic E-state index is 10.6. The molecule has 0 fully saturated rings. The highest BCUT2D eigenvalue weighted by Gasteiger charge is 2.05. The molecule has 0 aliphatic heterocycles. The monoisotopic (exact) mass is 212 g/mol. The Morgan fingerprint density at radius 1 is 1.33 bits per heavy atom. The smallest absolute Gasteiger partial charge is 0.335 e. The summed E-state index contributed by atoms with van der Waals surface area (Å²) in [6.45, 7) is 3.16. The third kappa shape index (κ3) is 5.83. The molecular formula is C11H16O4. The van der Waals surface area contributed by atoms with Crippen molar-refractivity contribution in [1.82, 2.24) is 0 Å². The van der Waals surface area contributed by atoms with Gasteiger partial charge in [-0.2, -0.15) is 0 Å². The van der Waals surface area contributed by atoms with Crippen LogP contribution in [-0.2, 0) is 4.79 Å². The van der Waals surface area contributed by atoms with Gasteiger partial charge >= 0.3 is 5.97 Å². The first-order chi connectivity index (χ1) is 6.99. The molecule has 0 aliphatic carbocycles. The Kier molecular flexibility index (Phi) is 6.33. The quantitative estimate of drug-likeness (QED) is 0.467. The van der Waals surface area contributed by atoms with Crippen molar-refractivity contribution in [2.45, 2.75) is 26.1 Å². The average molecular weight is 212 g/mol. The van der Waals surface area contributed by atoms with E-state index in [1.54, 1.807) is 13.0 Å². The molecule has 4 heteroatoms. The van der Waals surface area contributed by atoms with E-state index in [1.807, 2.05) is 0 Å². The molecule has 0 radical (unpaired) electrons. The van der Waals surface area contributed by atoms with Gasteiger partial charge in [0.25, 0.3) is 0 Å². The highest BCUT2D eigenvalue weighted by atomic mass is 16.4. The molecule has 0 aromatic carbocycles. The molecule has 84 valence electrons. The van der Waals surface area contributed by atoms with Gasteiger partial charge in [0.1, 0.15) is 0 Å². The number of aliphatic hydroxyl groups excluding tert-OH is 2. The van der Waals surface area contributed by atoms with E-state index >= 15 is 0 Å². The zero-order valence-electron chi connectivity index (χ0n) is 8.79. The molecule has 0 aromatic heterocycles. The van der Waals surface area contributed by atoms with Crippen molar-refractivity contribution >= 4 is 5.97 Å². The fourth-order valence-electron chi connectivity index (χ4n) is 0.812. The van der Waals surface area contributed by atoms with Crippen LogP contribution >= 0.6 is 0 Å². The van der Waals surface area contributed by atoms with Crippen LogP contribution in [0, 0.1) is 0 Å². The molecule has 4 nitrogen and oxygen atoms in total. The standard InChI is InChI=1S/C11H16O4/c1-3-5-9(11(14)15)6-4-7-10(13)8(2)12/h3-8,10,12-13H,1-2H3,(H,14,15)/b5-3-,7-4+,9-6-/t8-,10-/m1/s1. The number of rotatable bonds is 5. The van der Waals surface area contributed by atoms with Crippen molar-refractivity contribution in [2.75, 3.05) is 0 Å². The Morgan fingerprint density at radius 3 is 2.33 bits per heavy atom. The molecule has 3 N–H and O–H groups in total. The van der Waals surface area contributed by atoms with Crippen molar-refractivity contribution in [3.05, 3.63) is 36.0 Å². The van der Waals surface area contributed by atoms with E-state index < -0.39 is 18.2 Å². The summed E-state index contributed by atoms with van der Waals surface area (Å²) < 4.78 is 0. The van der Waals surface area contributed by atoms with Crippen molar-refractivity contribution in [1.29, 1.82) is 0 Å². The molecule has 0 spiro atoms. The minimum absolute atomic E-state index is 0.117. The van der Waals surface area contributed by atoms with Crippen LogP contribution in [0.15, 0.2) is 36.0 Å². The van der Waals surface area contributed by atoms with E-state index in [2.05, 4.69) is 0 Å². The maximum absolute atomic E-state index is 10.6. The number of aliphatic hydroxyl groups is 2. The summed E-state index contributed by atoms with van der Waals surface area (Å²) in [4.78, 5) is 10.6. The number of carbonyl (C=O) groups is 1. The number of carboxylic acids is 1. The first-order valence-electron chi connectivity index (χ1n) is 4.59. The third-order valence-electron chi connectivity index (χ3n) is 1.67. The predicted molar refractivity (Wildman–Crippen MR) is 57.4 cm³/mol. The van der Waals surface area contributed by atoms with E-state index in [0.717, 1.165) is 0 Å². The van der Waals surface area contributed by atoms with Gasteiger partial charge in [-0.3, -0.25) is 0 Å². The predicted octanol–water partition coefficient (Wildman–Crippen LogP) is 0.871. The second-order valence-electron chi connectivity index (χ2n) is 3.04. The molecule has 0 amide bonds. The molecule has 2 atom stereocenters. The minimum Gasteiger partial charge on any atom is -0.478 e. The van der Waals surface area contributed by atoms with Gasteiger partial charge in [-0.25, -0.2) is 4.79 Å². The molecule has 15 heavy (non-hydrogen) atoms. The maximum Gasteiger partial charge on any atom is 0.335 e. The molecule has 0 unspecified atom stereocenters. The van der Waals surface area contributed by atoms with Gasteiger partial charge in [-0.05, 0) is 19.9 Å². The molecule has 0 saturated heterocycles. The first kappa shape index (κ1) is 13.6. The van der Waals surface area contributed by atoms with Crippen molar-refractivity contribution in [3.63, 3.8) is 0 Å². The SMILES string of the molecule is C\C=C/C(=C/C=C/[C@@H](O)[C@@H](C)O)C(=O)O. The normalized spacial score (nSPS) is 17.2. The first-order valence-corrected chi connectivity index (χ1v) is 4.59. The fourth-order valence-corrected chi connectivity index (χ4v) is 0.812. The molecule has 0 aliphatic rings. The number of hydrogen-bond acceptors (Lipinski definition) is 3. The summed E-state index contributed by atoms with van der Waals surface area (Å²) in [5.41, 5.74) is 0.117. The number of aliphatic carboxylic acids is 1. The van der Waals surface area contributed by atoms with Crippen molar-refractivity contribution in [3.8, 4) is 0 Å². The van der Waals surface area contributed by atoms with Gasteiger partial charge in [0, 0.05) is 0 Å². The lowest BCUT2D eigenvalue weighted by Crippen LogP contribution is -2.19. The van der Waals surface area contributed by atoms with Crippen molar-refractivity contribution < 1.29 is 20.1 Å². The highest BCUT2D eigenvalue weighted by Crippen LogP contribution is 2.00. The Labute approximate surface area is 88.9 Å². The molecule has 0 saturated carbocycles. The number of allylic oxidation sites excluding steroid dienone is 3. The second-order valence-corrected chi connectivity index (χ2v) is 3.04. The van der Waals surface area contributed by atoms with Crippen LogP contribution in [0.2, 0.25) is 0 Å². The van der Waals surface area contributed by atoms with E-state index in [1.165, 1.54) is 31.2 Å². The molecule has 0 heterocycles. The highest BCUT2D eigenvalue weighted by molar-refractivity contribution is 5.90. The lowest BCUT2D eigenvalue weighted by Gasteiger charge is -2.06. The zero-order valence-corrected chi connectivity index (χ0v) is 8.79. The van der Waals surface area contributed by atoms with E-state index in [0.29, 0.717) is 0 Å². The summed E-state index contributed by atoms with van der Waals surface area (Å²) in [6.07, 6.45) is 5.29. The molecule has 0 bridgehead atoms. The summed E-state index contributed by atoms with van der Waals surface area (Å²) >= 11 is 0. The van der Waals surface area contributed by atoms with Gasteiger partial charge in [-0.1, -0.05) is 24.3 Å². The summed E-state index contributed by atoms with van der Waals surface area (Å²) in [5, 5.41) is 26.8. The van der Waals surface area contributed by atoms with Crippen LogP contribution in [0.1, 0.15) is 13.8 Å². The summed E-state index contributed by atoms with van der Waals surface area (Å²) in [5.74, 6) is -1.04. The van der Waals surface area contributed by atoms with Crippen LogP contribution in [0.25, 0.3) is 0 Å². The largest absolute Gasteiger partial charge is 0.478 e. The third-order valence-corrected chi connectivity index (χ3v) is 1.67. The van der Waals surface area contributed by atoms with Crippen molar-refractivity contribution in [2.24, 2.45) is 0 Å². The van der Waals surface area contributed by atoms with Gasteiger partial charge in [0.2, 0.25) is 0 Å². The van der Waals surface area contributed by atoms with E-state index in [9.17, 15) is 9.90 Å². The van der Waals surface area contributed by atoms with Crippen LogP contribution < -0.4 is 0 Å². The van der Waals surface area contributed by atoms with Crippen LogP contribution in [-0.4, -0.2) is 33.5 Å². The molecule has 0 aromatic rings. The average Bonchev–Trinajstić information content (AvgIpc) is 2.15. The molecule has 0 rings (SSSR count). The Hall–Kier alpha value is -1.39. The van der Waals surface area contributed by atoms with Crippen LogP contribution in [0.4, 0.5) is 0 Å². The van der Waals surface area contributed by atoms with E-state index in [4.69, 9.17) is 10.2 Å². The van der Waals surface area contributed by atoms with Crippen LogP contribution in [0.5, 0.6) is 0 Å². The summed E-state index contributed by atoms with van der Waals surface area (Å²) in [6, 6.07) is 0. The number of hydrogen-bond donors (Lipinski definition) is 3. The summed E-state index contributed by atoms with van der Waals surface area (Å²) in [7, 11) is 0. The Morgan fingerprint density at radius 2 is 1.93 bits per heavy atom.